The third kappa shape index (κ3) is 3.22. The molecule has 1 atom stereocenters. The zero-order chi connectivity index (χ0) is 17.3. The Morgan fingerprint density at radius 1 is 1.28 bits per heavy atom. The van der Waals surface area contributed by atoms with E-state index in [1.54, 1.807) is 6.20 Å². The van der Waals surface area contributed by atoms with Crippen molar-refractivity contribution >= 4 is 5.91 Å². The van der Waals surface area contributed by atoms with Crippen LogP contribution in [0, 0.1) is 0 Å². The van der Waals surface area contributed by atoms with Crippen LogP contribution in [0.4, 0.5) is 0 Å². The first-order valence-electron chi connectivity index (χ1n) is 8.81. The van der Waals surface area contributed by atoms with E-state index in [1.165, 1.54) is 17.3 Å². The maximum Gasteiger partial charge on any atom is 0.271 e. The Balaban J connectivity index is 1.60. The van der Waals surface area contributed by atoms with Crippen molar-refractivity contribution in [3.8, 4) is 5.75 Å². The van der Waals surface area contributed by atoms with E-state index in [4.69, 9.17) is 4.74 Å². The first-order chi connectivity index (χ1) is 12.2. The van der Waals surface area contributed by atoms with Crippen LogP contribution in [0.1, 0.15) is 41.4 Å². The summed E-state index contributed by atoms with van der Waals surface area (Å²) in [6.07, 6.45) is 7.40. The Bertz CT molecular complexity index is 757. The number of nitrogens with one attached hydrogen (secondary N) is 2. The number of carbonyl (C=O) groups is 1. The summed E-state index contributed by atoms with van der Waals surface area (Å²) in [6, 6.07) is 7.94. The van der Waals surface area contributed by atoms with Crippen molar-refractivity contribution in [1.29, 1.82) is 0 Å². The summed E-state index contributed by atoms with van der Waals surface area (Å²) in [5.74, 6) is 0.696. The van der Waals surface area contributed by atoms with Crippen LogP contribution in [0.2, 0.25) is 0 Å². The molecule has 25 heavy (non-hydrogen) atoms. The molecule has 2 aliphatic heterocycles. The second-order valence-corrected chi connectivity index (χ2v) is 7.10. The van der Waals surface area contributed by atoms with E-state index in [2.05, 4.69) is 22.3 Å². The number of nitrogens with zero attached hydrogens (tertiary/aromatic N) is 2. The van der Waals surface area contributed by atoms with Crippen molar-refractivity contribution in [3.63, 3.8) is 0 Å². The molecule has 1 fully saturated rings. The van der Waals surface area contributed by atoms with Gasteiger partial charge in [-0.1, -0.05) is 18.2 Å². The molecule has 1 spiro atoms. The smallest absolute Gasteiger partial charge is 0.271 e. The van der Waals surface area contributed by atoms with Gasteiger partial charge in [-0.25, -0.2) is 4.98 Å². The first kappa shape index (κ1) is 16.0. The Hall–Kier alpha value is -2.47. The number of carbonyl (C=O) groups excluding carboxylic acids is 1. The second-order valence-electron chi connectivity index (χ2n) is 7.10. The summed E-state index contributed by atoms with van der Waals surface area (Å²) in [5.41, 5.74) is 1.19. The fourth-order valence-electron chi connectivity index (χ4n) is 3.83. The van der Waals surface area contributed by atoms with Crippen molar-refractivity contribution in [3.05, 3.63) is 54.1 Å². The molecular weight excluding hydrogens is 316 g/mol. The molecule has 1 aromatic carbocycles. The molecular formula is C19H23N4O2+. The molecule has 0 saturated carbocycles. The van der Waals surface area contributed by atoms with E-state index in [-0.39, 0.29) is 17.6 Å². The van der Waals surface area contributed by atoms with Crippen LogP contribution in [0.5, 0.6) is 5.75 Å². The summed E-state index contributed by atoms with van der Waals surface area (Å²) in [7, 11) is 2.22. The maximum absolute atomic E-state index is 12.6. The SMILES string of the molecule is C[NH+]1CCC2(CC1)C[C@@H](NC(=O)c1cnccn1)c1ccccc1O2. The molecule has 2 aliphatic rings. The largest absolute Gasteiger partial charge is 0.486 e. The molecule has 0 bridgehead atoms. The van der Waals surface area contributed by atoms with E-state index in [9.17, 15) is 4.79 Å². The van der Waals surface area contributed by atoms with Gasteiger partial charge in [-0.3, -0.25) is 9.78 Å². The number of piperidine rings is 1. The number of para-hydroxylation sites is 1. The number of quaternary nitrogens is 1. The molecule has 2 aromatic rings. The molecule has 3 heterocycles. The summed E-state index contributed by atoms with van der Waals surface area (Å²) >= 11 is 0. The standard InChI is InChI=1S/C19H22N4O2/c1-23-10-6-19(7-11-23)12-15(14-4-2-3-5-17(14)25-19)22-18(24)16-13-20-8-9-21-16/h2-5,8-9,13,15H,6-7,10-12H2,1H3,(H,22,24)/p+1/t15-/m1/s1. The monoisotopic (exact) mass is 339 g/mol. The predicted molar refractivity (Wildman–Crippen MR) is 92.5 cm³/mol. The minimum Gasteiger partial charge on any atom is -0.486 e. The van der Waals surface area contributed by atoms with Gasteiger partial charge in [0.05, 0.1) is 32.4 Å². The van der Waals surface area contributed by atoms with Crippen LogP contribution in [0.3, 0.4) is 0 Å². The Kier molecular flexibility index (Phi) is 4.13. The molecule has 1 aromatic heterocycles. The zero-order valence-electron chi connectivity index (χ0n) is 14.4. The van der Waals surface area contributed by atoms with Crippen molar-refractivity contribution in [2.75, 3.05) is 20.1 Å². The normalized spacial score (nSPS) is 28.0. The highest BCUT2D eigenvalue weighted by molar-refractivity contribution is 5.92. The number of ether oxygens (including phenoxy) is 1. The molecule has 6 heteroatoms. The lowest BCUT2D eigenvalue weighted by Crippen LogP contribution is -3.10. The number of fused-ring (bicyclic) bond motifs is 1. The van der Waals surface area contributed by atoms with E-state index in [0.29, 0.717) is 5.69 Å². The van der Waals surface area contributed by atoms with Crippen molar-refractivity contribution in [2.24, 2.45) is 0 Å². The predicted octanol–water partition coefficient (Wildman–Crippen LogP) is 0.778. The fourth-order valence-corrected chi connectivity index (χ4v) is 3.83. The van der Waals surface area contributed by atoms with Gasteiger partial charge in [0.2, 0.25) is 0 Å². The second kappa shape index (κ2) is 6.44. The van der Waals surface area contributed by atoms with Gasteiger partial charge in [0, 0.05) is 37.2 Å². The summed E-state index contributed by atoms with van der Waals surface area (Å²) < 4.78 is 6.43. The minimum absolute atomic E-state index is 0.0714. The molecule has 6 nitrogen and oxygen atoms in total. The van der Waals surface area contributed by atoms with E-state index in [1.807, 2.05) is 24.3 Å². The highest BCUT2D eigenvalue weighted by Gasteiger charge is 2.44. The summed E-state index contributed by atoms with van der Waals surface area (Å²) in [4.78, 5) is 22.2. The molecule has 1 amide bonds. The molecule has 0 aliphatic carbocycles. The van der Waals surface area contributed by atoms with Crippen molar-refractivity contribution < 1.29 is 14.4 Å². The third-order valence-electron chi connectivity index (χ3n) is 5.31. The number of aromatic nitrogens is 2. The number of rotatable bonds is 2. The summed E-state index contributed by atoms with van der Waals surface area (Å²) in [6.45, 7) is 2.18. The van der Waals surface area contributed by atoms with Gasteiger partial charge in [0.1, 0.15) is 17.0 Å². The average Bonchev–Trinajstić information content (AvgIpc) is 2.65. The molecule has 0 radical (unpaired) electrons. The number of amides is 1. The zero-order valence-corrected chi connectivity index (χ0v) is 14.4. The first-order valence-corrected chi connectivity index (χ1v) is 8.81. The van der Waals surface area contributed by atoms with E-state index >= 15 is 0 Å². The number of hydrogen-bond donors (Lipinski definition) is 2. The lowest BCUT2D eigenvalue weighted by atomic mass is 9.80. The molecule has 2 N–H and O–H groups in total. The van der Waals surface area contributed by atoms with Crippen molar-refractivity contribution in [1.82, 2.24) is 15.3 Å². The molecule has 1 saturated heterocycles. The number of hydrogen-bond acceptors (Lipinski definition) is 4. The topological polar surface area (TPSA) is 68.5 Å². The van der Waals surface area contributed by atoms with E-state index in [0.717, 1.165) is 43.7 Å². The third-order valence-corrected chi connectivity index (χ3v) is 5.31. The van der Waals surface area contributed by atoms with Crippen LogP contribution in [0.15, 0.2) is 42.9 Å². The average molecular weight is 339 g/mol. The highest BCUT2D eigenvalue weighted by atomic mass is 16.5. The Morgan fingerprint density at radius 3 is 2.84 bits per heavy atom. The quantitative estimate of drug-likeness (QED) is 0.848. The van der Waals surface area contributed by atoms with Crippen LogP contribution in [-0.4, -0.2) is 41.6 Å². The Morgan fingerprint density at radius 2 is 2.08 bits per heavy atom. The number of likely N-dealkylation sites (tertiary alicyclic amines) is 1. The van der Waals surface area contributed by atoms with Crippen LogP contribution in [0.25, 0.3) is 0 Å². The van der Waals surface area contributed by atoms with Gasteiger partial charge in [-0.15, -0.1) is 0 Å². The minimum atomic E-state index is -0.191. The van der Waals surface area contributed by atoms with Gasteiger partial charge >= 0.3 is 0 Å². The fraction of sp³-hybridized carbons (Fsp3) is 0.421. The highest BCUT2D eigenvalue weighted by Crippen LogP contribution is 2.42. The molecule has 130 valence electrons. The lowest BCUT2D eigenvalue weighted by molar-refractivity contribution is -0.887. The maximum atomic E-state index is 12.6. The van der Waals surface area contributed by atoms with Gasteiger partial charge in [0.15, 0.2) is 0 Å². The molecule has 0 unspecified atom stereocenters. The lowest BCUT2D eigenvalue weighted by Gasteiger charge is -2.45. The van der Waals surface area contributed by atoms with Crippen LogP contribution in [-0.2, 0) is 0 Å². The Labute approximate surface area is 147 Å². The van der Waals surface area contributed by atoms with Gasteiger partial charge in [0.25, 0.3) is 5.91 Å². The van der Waals surface area contributed by atoms with E-state index < -0.39 is 0 Å². The van der Waals surface area contributed by atoms with Crippen molar-refractivity contribution in [2.45, 2.75) is 30.9 Å². The number of benzene rings is 1. The summed E-state index contributed by atoms with van der Waals surface area (Å²) in [5, 5.41) is 3.15. The van der Waals surface area contributed by atoms with Crippen LogP contribution >= 0.6 is 0 Å². The molecule has 4 rings (SSSR count). The van der Waals surface area contributed by atoms with Crippen LogP contribution < -0.4 is 15.0 Å². The van der Waals surface area contributed by atoms with Gasteiger partial charge in [-0.05, 0) is 6.07 Å². The van der Waals surface area contributed by atoms with Gasteiger partial charge < -0.3 is 15.0 Å². The van der Waals surface area contributed by atoms with Gasteiger partial charge in [-0.2, -0.15) is 0 Å².